The molecule has 0 atom stereocenters. The third-order valence-corrected chi connectivity index (χ3v) is 8.68. The van der Waals surface area contributed by atoms with Gasteiger partial charge in [0.15, 0.2) is 5.78 Å². The molecule has 15 heteroatoms. The van der Waals surface area contributed by atoms with Crippen molar-refractivity contribution in [3.8, 4) is 17.0 Å². The summed E-state index contributed by atoms with van der Waals surface area (Å²) in [6.07, 6.45) is 3.33. The first-order valence-electron chi connectivity index (χ1n) is 13.6. The van der Waals surface area contributed by atoms with E-state index in [2.05, 4.69) is 19.7 Å². The van der Waals surface area contributed by atoms with Gasteiger partial charge in [0.2, 0.25) is 11.8 Å². The van der Waals surface area contributed by atoms with Crippen LogP contribution in [0.3, 0.4) is 0 Å². The van der Waals surface area contributed by atoms with Crippen molar-refractivity contribution >= 4 is 55.7 Å². The Morgan fingerprint density at radius 3 is 2.52 bits per heavy atom. The Morgan fingerprint density at radius 1 is 1.09 bits per heavy atom. The lowest BCUT2D eigenvalue weighted by Gasteiger charge is -2.35. The van der Waals surface area contributed by atoms with Gasteiger partial charge in [-0.25, -0.2) is 32.2 Å². The summed E-state index contributed by atoms with van der Waals surface area (Å²) < 4.78 is 72.5. The maximum Gasteiger partial charge on any atom is 0.266 e. The Bertz CT molecular complexity index is 1950. The Hall–Kier alpha value is -4.69. The highest BCUT2D eigenvalue weighted by Gasteiger charge is 2.27. The molecule has 1 aliphatic heterocycles. The van der Waals surface area contributed by atoms with Gasteiger partial charge in [0.25, 0.3) is 10.0 Å². The molecule has 1 aliphatic rings. The van der Waals surface area contributed by atoms with E-state index in [1.807, 2.05) is 0 Å². The van der Waals surface area contributed by atoms with E-state index in [-0.39, 0.29) is 88.6 Å². The zero-order valence-electron chi connectivity index (χ0n) is 24.3. The molecule has 0 saturated carbocycles. The molecule has 0 radical (unpaired) electrons. The molecule has 228 valence electrons. The number of nitrogens with one attached hydrogen (secondary N) is 1. The number of hydrogen-bond donors (Lipinski definition) is 1. The van der Waals surface area contributed by atoms with E-state index < -0.39 is 26.6 Å². The second-order valence-corrected chi connectivity index (χ2v) is 11.7. The number of halogens is 3. The standard InChI is InChI=1S/C29H25ClF2N6O5S/c1-17(39)6-9-24(40)37-10-12-38(13-11-37)28-25-22(34-16-35-28)8-7-19(26(25)32)18-14-23(29(43-2)33-15-18)36-44(41,42)27-20(30)4-3-5-21(27)31/h3-9,14-16,36H,10-13H2,1-2H3/b9-6+/i16D. The lowest BCUT2D eigenvalue weighted by Crippen LogP contribution is -2.48. The van der Waals surface area contributed by atoms with Crippen LogP contribution in [0.1, 0.15) is 8.29 Å². The molecule has 1 fully saturated rings. The Balaban J connectivity index is 1.51. The van der Waals surface area contributed by atoms with Crippen LogP contribution in [0.15, 0.2) is 65.9 Å². The van der Waals surface area contributed by atoms with E-state index in [0.29, 0.717) is 0 Å². The van der Waals surface area contributed by atoms with E-state index in [9.17, 15) is 22.4 Å². The van der Waals surface area contributed by atoms with Crippen LogP contribution in [0.5, 0.6) is 5.88 Å². The maximum atomic E-state index is 16.4. The largest absolute Gasteiger partial charge is 0.480 e. The number of benzene rings is 2. The van der Waals surface area contributed by atoms with E-state index in [0.717, 1.165) is 6.07 Å². The van der Waals surface area contributed by atoms with Crippen molar-refractivity contribution in [1.82, 2.24) is 19.9 Å². The highest BCUT2D eigenvalue weighted by molar-refractivity contribution is 7.92. The molecule has 1 saturated heterocycles. The number of anilines is 2. The van der Waals surface area contributed by atoms with Crippen LogP contribution >= 0.6 is 11.6 Å². The van der Waals surface area contributed by atoms with Gasteiger partial charge >= 0.3 is 0 Å². The second-order valence-electron chi connectivity index (χ2n) is 9.66. The smallest absolute Gasteiger partial charge is 0.266 e. The first-order chi connectivity index (χ1) is 21.4. The third kappa shape index (κ3) is 6.17. The Labute approximate surface area is 257 Å². The minimum absolute atomic E-state index is 0.00721. The van der Waals surface area contributed by atoms with E-state index >= 15 is 4.39 Å². The number of carbonyl (C=O) groups excluding carboxylic acids is 2. The van der Waals surface area contributed by atoms with Crippen molar-refractivity contribution in [2.45, 2.75) is 11.8 Å². The van der Waals surface area contributed by atoms with Gasteiger partial charge in [0, 0.05) is 49.6 Å². The van der Waals surface area contributed by atoms with Gasteiger partial charge in [-0.05, 0) is 43.3 Å². The van der Waals surface area contributed by atoms with Crippen molar-refractivity contribution in [3.63, 3.8) is 0 Å². The van der Waals surface area contributed by atoms with Crippen molar-refractivity contribution < 1.29 is 32.9 Å². The van der Waals surface area contributed by atoms with Crippen molar-refractivity contribution in [2.24, 2.45) is 0 Å². The van der Waals surface area contributed by atoms with Gasteiger partial charge < -0.3 is 14.5 Å². The zero-order valence-corrected chi connectivity index (χ0v) is 24.9. The van der Waals surface area contributed by atoms with Crippen LogP contribution in [-0.2, 0) is 19.6 Å². The number of pyridine rings is 1. The maximum absolute atomic E-state index is 16.4. The normalized spacial score (nSPS) is 14.2. The molecular weight excluding hydrogens is 618 g/mol. The predicted molar refractivity (Wildman–Crippen MR) is 160 cm³/mol. The number of allylic oxidation sites excluding steroid dienone is 1. The molecule has 11 nitrogen and oxygen atoms in total. The number of methoxy groups -OCH3 is 1. The molecule has 44 heavy (non-hydrogen) atoms. The molecule has 0 aliphatic carbocycles. The molecular formula is C29H25ClF2N6O5S. The summed E-state index contributed by atoms with van der Waals surface area (Å²) in [7, 11) is -3.31. The van der Waals surface area contributed by atoms with Gasteiger partial charge in [-0.3, -0.25) is 14.3 Å². The molecule has 0 bridgehead atoms. The fourth-order valence-corrected chi connectivity index (χ4v) is 6.36. The van der Waals surface area contributed by atoms with Crippen LogP contribution in [-0.4, -0.2) is 73.2 Å². The third-order valence-electron chi connectivity index (χ3n) is 6.81. The molecule has 0 unspecified atom stereocenters. The number of carbonyl (C=O) groups is 2. The number of fused-ring (bicyclic) bond motifs is 1. The monoisotopic (exact) mass is 643 g/mol. The Morgan fingerprint density at radius 2 is 1.84 bits per heavy atom. The number of rotatable bonds is 8. The predicted octanol–water partition coefficient (Wildman–Crippen LogP) is 4.23. The summed E-state index contributed by atoms with van der Waals surface area (Å²) in [5.74, 6) is -2.43. The zero-order chi connectivity index (χ0) is 32.5. The fraction of sp³-hybridized carbons (Fsp3) is 0.207. The van der Waals surface area contributed by atoms with Gasteiger partial charge in [0.1, 0.15) is 35.7 Å². The highest BCUT2D eigenvalue weighted by atomic mass is 35.5. The topological polar surface area (TPSA) is 135 Å². The molecule has 1 amide bonds. The fourth-order valence-electron chi connectivity index (χ4n) is 4.71. The van der Waals surface area contributed by atoms with Gasteiger partial charge in [-0.2, -0.15) is 0 Å². The quantitative estimate of drug-likeness (QED) is 0.280. The molecule has 2 aromatic heterocycles. The number of piperazine rings is 1. The second kappa shape index (κ2) is 12.5. The number of aromatic nitrogens is 3. The first kappa shape index (κ1) is 29.4. The lowest BCUT2D eigenvalue weighted by atomic mass is 10.0. The van der Waals surface area contributed by atoms with E-state index in [4.69, 9.17) is 17.7 Å². The van der Waals surface area contributed by atoms with Crippen molar-refractivity contribution in [2.75, 3.05) is 42.9 Å². The van der Waals surface area contributed by atoms with Crippen molar-refractivity contribution in [3.05, 3.63) is 77.7 Å². The minimum atomic E-state index is -4.56. The highest BCUT2D eigenvalue weighted by Crippen LogP contribution is 2.36. The number of sulfonamides is 1. The summed E-state index contributed by atoms with van der Waals surface area (Å²) >= 11 is 5.98. The summed E-state index contributed by atoms with van der Waals surface area (Å²) in [6.45, 7) is 2.40. The SMILES string of the molecule is [2H]c1nc(N2CCN(C(=O)/C=C/C(C)=O)CC2)c2c(F)c(-c3cnc(OC)c(NS(=O)(=O)c4c(F)cccc4Cl)c3)ccc2n1. The minimum Gasteiger partial charge on any atom is -0.480 e. The van der Waals surface area contributed by atoms with Crippen LogP contribution in [0.25, 0.3) is 22.0 Å². The van der Waals surface area contributed by atoms with Crippen LogP contribution < -0.4 is 14.4 Å². The average molecular weight is 644 g/mol. The average Bonchev–Trinajstić information content (AvgIpc) is 2.99. The number of ketones is 1. The van der Waals surface area contributed by atoms with Crippen molar-refractivity contribution in [1.29, 1.82) is 0 Å². The van der Waals surface area contributed by atoms with Gasteiger partial charge in [0.05, 0.1) is 23.0 Å². The van der Waals surface area contributed by atoms with Gasteiger partial charge in [-0.15, -0.1) is 0 Å². The summed E-state index contributed by atoms with van der Waals surface area (Å²) in [6, 6.07) is 7.61. The van der Waals surface area contributed by atoms with Crippen LogP contribution in [0.4, 0.5) is 20.3 Å². The molecule has 1 N–H and O–H groups in total. The molecule has 3 heterocycles. The summed E-state index contributed by atoms with van der Waals surface area (Å²) in [5.41, 5.74) is 0.103. The summed E-state index contributed by atoms with van der Waals surface area (Å²) in [4.78, 5) is 38.5. The lowest BCUT2D eigenvalue weighted by molar-refractivity contribution is -0.126. The Kier molecular flexibility index (Phi) is 8.35. The van der Waals surface area contributed by atoms with Gasteiger partial charge in [-0.1, -0.05) is 17.7 Å². The number of hydrogen-bond acceptors (Lipinski definition) is 9. The van der Waals surface area contributed by atoms with E-state index in [1.165, 1.54) is 62.7 Å². The van der Waals surface area contributed by atoms with Crippen LogP contribution in [0, 0.1) is 11.6 Å². The van der Waals surface area contributed by atoms with Crippen LogP contribution in [0.2, 0.25) is 5.02 Å². The molecule has 4 aromatic rings. The summed E-state index contributed by atoms with van der Waals surface area (Å²) in [5, 5.41) is -0.332. The molecule has 2 aromatic carbocycles. The number of ether oxygens (including phenoxy) is 1. The molecule has 5 rings (SSSR count). The number of nitrogens with zero attached hydrogens (tertiary/aromatic N) is 5. The first-order valence-corrected chi connectivity index (χ1v) is 15.0. The molecule has 0 spiro atoms. The number of amides is 1. The van der Waals surface area contributed by atoms with E-state index in [1.54, 1.807) is 9.80 Å².